The molecule has 0 unspecified atom stereocenters. The molecule has 0 bridgehead atoms. The number of alkyl halides is 1. The van der Waals surface area contributed by atoms with Crippen LogP contribution in [-0.4, -0.2) is 12.1 Å². The number of para-hydroxylation sites is 1. The van der Waals surface area contributed by atoms with Gasteiger partial charge in [-0.3, -0.25) is 0 Å². The second-order valence-corrected chi connectivity index (χ2v) is 3.50. The Morgan fingerprint density at radius 3 is 3.00 bits per heavy atom. The Morgan fingerprint density at radius 1 is 1.33 bits per heavy atom. The highest BCUT2D eigenvalue weighted by molar-refractivity contribution is 9.09. The van der Waals surface area contributed by atoms with Crippen molar-refractivity contribution < 1.29 is 0 Å². The van der Waals surface area contributed by atoms with Gasteiger partial charge >= 0.3 is 0 Å². The summed E-state index contributed by atoms with van der Waals surface area (Å²) in [7, 11) is 0. The molecule has 0 fully saturated rings. The van der Waals surface area contributed by atoms with E-state index in [4.69, 9.17) is 0 Å². The molecule has 0 amide bonds. The Morgan fingerprint density at radius 2 is 2.17 bits per heavy atom. The van der Waals surface area contributed by atoms with Crippen molar-refractivity contribution in [3.05, 3.63) is 35.8 Å². The second-order valence-electron chi connectivity index (χ2n) is 2.85. The highest BCUT2D eigenvalue weighted by atomic mass is 79.9. The first-order valence-corrected chi connectivity index (χ1v) is 5.12. The fourth-order valence-corrected chi connectivity index (χ4v) is 1.71. The van der Waals surface area contributed by atoms with Gasteiger partial charge in [-0.05, 0) is 11.6 Å². The molecule has 60 valence electrons. The van der Waals surface area contributed by atoms with Gasteiger partial charge in [0.15, 0.2) is 0 Å². The Bertz CT molecular complexity index is 311. The van der Waals surface area contributed by atoms with Gasteiger partial charge in [0.2, 0.25) is 0 Å². The maximum Gasteiger partial charge on any atom is 0.289 e. The number of benzene rings is 1. The third-order valence-corrected chi connectivity index (χ3v) is 2.67. The maximum atomic E-state index is 3.45. The first-order valence-electron chi connectivity index (χ1n) is 4.00. The van der Waals surface area contributed by atoms with Crippen molar-refractivity contribution in [3.8, 4) is 0 Å². The van der Waals surface area contributed by atoms with Crippen molar-refractivity contribution in [2.45, 2.75) is 0 Å². The Kier molecular flexibility index (Phi) is 2.22. The van der Waals surface area contributed by atoms with Crippen LogP contribution in [0.2, 0.25) is 0 Å². The van der Waals surface area contributed by atoms with Crippen molar-refractivity contribution in [2.24, 2.45) is 0 Å². The van der Waals surface area contributed by atoms with Crippen molar-refractivity contribution in [1.82, 2.24) is 0 Å². The predicted molar refractivity (Wildman–Crippen MR) is 58.6 cm³/mol. The van der Waals surface area contributed by atoms with Crippen molar-refractivity contribution in [3.63, 3.8) is 0 Å². The number of nitrogens with one attached hydrogen (secondary N) is 1. The van der Waals surface area contributed by atoms with E-state index in [1.54, 1.807) is 0 Å². The van der Waals surface area contributed by atoms with Gasteiger partial charge in [0.05, 0.1) is 0 Å². The number of hydrogen-bond donors (Lipinski definition) is 1. The van der Waals surface area contributed by atoms with Gasteiger partial charge < -0.3 is 5.23 Å². The summed E-state index contributed by atoms with van der Waals surface area (Å²) < 4.78 is 0. The van der Waals surface area contributed by atoms with Gasteiger partial charge in [0, 0.05) is 10.9 Å². The normalized spacial score (nSPS) is 13.9. The molecule has 1 N–H and O–H groups in total. The Hall–Kier alpha value is -0.695. The van der Waals surface area contributed by atoms with Gasteiger partial charge in [-0.25, -0.2) is 0 Å². The van der Waals surface area contributed by atoms with E-state index >= 15 is 0 Å². The number of halogens is 1. The molecule has 1 nitrogen and oxygen atoms in total. The van der Waals surface area contributed by atoms with Gasteiger partial charge in [0.1, 0.15) is 0 Å². The van der Waals surface area contributed by atoms with Gasteiger partial charge in [0.25, 0.3) is 6.85 Å². The number of fused-ring (bicyclic) bond motifs is 1. The van der Waals surface area contributed by atoms with E-state index in [0.717, 1.165) is 5.23 Å². The van der Waals surface area contributed by atoms with E-state index < -0.39 is 0 Å². The van der Waals surface area contributed by atoms with Crippen LogP contribution in [0.4, 0.5) is 5.69 Å². The van der Waals surface area contributed by atoms with E-state index in [0.29, 0.717) is 6.85 Å². The van der Waals surface area contributed by atoms with Crippen LogP contribution in [-0.2, 0) is 0 Å². The van der Waals surface area contributed by atoms with E-state index in [9.17, 15) is 0 Å². The lowest BCUT2D eigenvalue weighted by Gasteiger charge is -2.17. The highest BCUT2D eigenvalue weighted by Gasteiger charge is 2.13. The summed E-state index contributed by atoms with van der Waals surface area (Å²) in [6.45, 7) is 0.430. The zero-order chi connectivity index (χ0) is 8.39. The van der Waals surface area contributed by atoms with Crippen LogP contribution in [0.15, 0.2) is 30.2 Å². The summed E-state index contributed by atoms with van der Waals surface area (Å²) in [6, 6.07) is 8.33. The van der Waals surface area contributed by atoms with Crippen LogP contribution >= 0.6 is 15.9 Å². The topological polar surface area (TPSA) is 12.0 Å². The summed E-state index contributed by atoms with van der Waals surface area (Å²) in [6.07, 6.45) is 2.16. The zero-order valence-electron chi connectivity index (χ0n) is 6.63. The molecule has 2 rings (SSSR count). The predicted octanol–water partition coefficient (Wildman–Crippen LogP) is 2.59. The fraction of sp³-hybridized carbons (Fsp3) is 0.111. The maximum absolute atomic E-state index is 3.45. The van der Waals surface area contributed by atoms with Crippen molar-refractivity contribution in [1.29, 1.82) is 0 Å². The van der Waals surface area contributed by atoms with Crippen LogP contribution in [0.5, 0.6) is 0 Å². The molecule has 0 aromatic heterocycles. The summed E-state index contributed by atoms with van der Waals surface area (Å²) in [5.74, 6) is 2.18. The molecule has 0 spiro atoms. The Balaban J connectivity index is 2.33. The van der Waals surface area contributed by atoms with Crippen molar-refractivity contribution >= 4 is 34.5 Å². The van der Waals surface area contributed by atoms with E-state index in [-0.39, 0.29) is 0 Å². The lowest BCUT2D eigenvalue weighted by atomic mass is 9.63. The molecule has 0 saturated carbocycles. The molecule has 0 radical (unpaired) electrons. The fourth-order valence-electron chi connectivity index (χ4n) is 1.33. The average Bonchev–Trinajstić information content (AvgIpc) is 2.17. The quantitative estimate of drug-likeness (QED) is 0.568. The third kappa shape index (κ3) is 1.41. The van der Waals surface area contributed by atoms with Gasteiger partial charge in [-0.1, -0.05) is 46.2 Å². The molecule has 3 heteroatoms. The minimum absolute atomic E-state index is 0.430. The zero-order valence-corrected chi connectivity index (χ0v) is 8.21. The van der Waals surface area contributed by atoms with Gasteiger partial charge in [-0.15, -0.1) is 0 Å². The molecule has 0 saturated heterocycles. The van der Waals surface area contributed by atoms with Crippen LogP contribution < -0.4 is 5.23 Å². The third-order valence-electron chi connectivity index (χ3n) is 1.98. The van der Waals surface area contributed by atoms with Crippen LogP contribution in [0, 0.1) is 0 Å². The lowest BCUT2D eigenvalue weighted by Crippen LogP contribution is -2.27. The van der Waals surface area contributed by atoms with Gasteiger partial charge in [-0.2, -0.15) is 0 Å². The summed E-state index contributed by atoms with van der Waals surface area (Å²) in [5.41, 5.74) is 2.50. The molecular weight excluding hydrogens is 213 g/mol. The summed E-state index contributed by atoms with van der Waals surface area (Å²) >= 11 is 3.45. The van der Waals surface area contributed by atoms with Crippen LogP contribution in [0.25, 0.3) is 6.08 Å². The molecule has 12 heavy (non-hydrogen) atoms. The SMILES string of the molecule is BrCB1C=Cc2ccccc2N1. The standard InChI is InChI=1S/C9H9BBrN/c11-7-10-6-5-8-3-1-2-4-9(8)12-10/h1-6,12H,7H2. The first kappa shape index (κ1) is 7.93. The van der Waals surface area contributed by atoms with E-state index in [1.807, 2.05) is 0 Å². The highest BCUT2D eigenvalue weighted by Crippen LogP contribution is 2.21. The molecule has 0 aliphatic carbocycles. The molecule has 1 aliphatic rings. The summed E-state index contributed by atoms with van der Waals surface area (Å²) in [4.78, 5) is 0. The smallest absolute Gasteiger partial charge is 0.289 e. The molecule has 1 aromatic carbocycles. The number of rotatable bonds is 1. The van der Waals surface area contributed by atoms with Crippen LogP contribution in [0.1, 0.15) is 5.56 Å². The van der Waals surface area contributed by atoms with E-state index in [1.165, 1.54) is 11.3 Å². The minimum Gasteiger partial charge on any atom is -0.423 e. The average molecular weight is 222 g/mol. The molecule has 1 aliphatic heterocycles. The number of hydrogen-bond acceptors (Lipinski definition) is 1. The minimum atomic E-state index is 0.430. The van der Waals surface area contributed by atoms with Crippen molar-refractivity contribution in [2.75, 3.05) is 10.5 Å². The first-order chi connectivity index (χ1) is 5.90. The molecule has 1 heterocycles. The molecule has 0 atom stereocenters. The van der Waals surface area contributed by atoms with Crippen LogP contribution in [0.3, 0.4) is 0 Å². The molecule has 1 aromatic rings. The largest absolute Gasteiger partial charge is 0.423 e. The second kappa shape index (κ2) is 3.36. The Labute approximate surface area is 81.1 Å². The van der Waals surface area contributed by atoms with E-state index in [2.05, 4.69) is 57.5 Å². The molecular formula is C9H9BBrN. The summed E-state index contributed by atoms with van der Waals surface area (Å²) in [5, 5.41) is 4.37. The lowest BCUT2D eigenvalue weighted by molar-refractivity contribution is 1.59. The monoisotopic (exact) mass is 221 g/mol. The number of anilines is 1.